The number of aromatic hydroxyl groups is 2. The summed E-state index contributed by atoms with van der Waals surface area (Å²) in [6.45, 7) is 3.67. The van der Waals surface area contributed by atoms with Crippen LogP contribution in [0, 0.1) is 0 Å². The van der Waals surface area contributed by atoms with Gasteiger partial charge < -0.3 is 24.2 Å². The summed E-state index contributed by atoms with van der Waals surface area (Å²) < 4.78 is 10.7. The second-order valence-corrected chi connectivity index (χ2v) is 7.37. The molecule has 4 aromatic rings. The zero-order valence-electron chi connectivity index (χ0n) is 17.3. The minimum atomic E-state index is -2.01. The molecule has 0 spiro atoms. The van der Waals surface area contributed by atoms with E-state index in [1.54, 1.807) is 24.3 Å². The number of hydrogen-bond donors (Lipinski definition) is 3. The molecule has 0 aliphatic rings. The van der Waals surface area contributed by atoms with Crippen LogP contribution in [-0.2, 0) is 17.6 Å². The SMILES string of the molecule is CCc1cccc2c(O)c(C(C(=O)O)c3c(O)c4cccc(CC)c4oc3=O)c(=O)oc12. The van der Waals surface area contributed by atoms with Gasteiger partial charge in [-0.3, -0.25) is 4.79 Å². The summed E-state index contributed by atoms with van der Waals surface area (Å²) in [4.78, 5) is 37.9. The molecule has 0 aliphatic carbocycles. The largest absolute Gasteiger partial charge is 0.507 e. The van der Waals surface area contributed by atoms with Gasteiger partial charge in [-0.05, 0) is 36.1 Å². The van der Waals surface area contributed by atoms with Gasteiger partial charge in [0.05, 0.1) is 21.9 Å². The van der Waals surface area contributed by atoms with Gasteiger partial charge in [0.1, 0.15) is 28.6 Å². The first kappa shape index (κ1) is 21.2. The van der Waals surface area contributed by atoms with Gasteiger partial charge in [-0.15, -0.1) is 0 Å². The van der Waals surface area contributed by atoms with E-state index in [1.165, 1.54) is 12.1 Å². The summed E-state index contributed by atoms with van der Waals surface area (Å²) in [6.07, 6.45) is 1.02. The standard InChI is InChI=1S/C24H20O8/c1-3-11-7-5-9-13-18(25)16(23(29)31-20(11)13)15(22(27)28)17-19(26)14-10-6-8-12(4-2)21(14)32-24(17)30/h5-10,15,25-26H,3-4H2,1-2H3,(H,27,28). The van der Waals surface area contributed by atoms with Crippen LogP contribution in [0.2, 0.25) is 0 Å². The number of para-hydroxylation sites is 2. The summed E-state index contributed by atoms with van der Waals surface area (Å²) in [5.74, 6) is -4.89. The molecule has 8 nitrogen and oxygen atoms in total. The van der Waals surface area contributed by atoms with Crippen LogP contribution in [0.3, 0.4) is 0 Å². The van der Waals surface area contributed by atoms with Crippen LogP contribution in [0.15, 0.2) is 54.8 Å². The van der Waals surface area contributed by atoms with Gasteiger partial charge in [0.25, 0.3) is 0 Å². The number of carboxylic acids is 1. The zero-order chi connectivity index (χ0) is 23.2. The molecule has 4 rings (SSSR count). The Morgan fingerprint density at radius 2 is 1.22 bits per heavy atom. The fourth-order valence-corrected chi connectivity index (χ4v) is 4.02. The van der Waals surface area contributed by atoms with Crippen LogP contribution in [0.5, 0.6) is 11.5 Å². The lowest BCUT2D eigenvalue weighted by molar-refractivity contribution is -0.137. The molecule has 0 atom stereocenters. The van der Waals surface area contributed by atoms with E-state index in [9.17, 15) is 29.7 Å². The minimum Gasteiger partial charge on any atom is -0.507 e. The van der Waals surface area contributed by atoms with Crippen LogP contribution in [0.1, 0.15) is 42.0 Å². The molecule has 0 aliphatic heterocycles. The number of benzene rings is 2. The van der Waals surface area contributed by atoms with E-state index in [2.05, 4.69) is 0 Å². The van der Waals surface area contributed by atoms with E-state index in [4.69, 9.17) is 8.83 Å². The van der Waals surface area contributed by atoms with Crippen LogP contribution >= 0.6 is 0 Å². The third kappa shape index (κ3) is 3.11. The molecular weight excluding hydrogens is 416 g/mol. The molecule has 0 radical (unpaired) electrons. The third-order valence-corrected chi connectivity index (χ3v) is 5.63. The average Bonchev–Trinajstić information content (AvgIpc) is 2.77. The maximum atomic E-state index is 12.8. The minimum absolute atomic E-state index is 0.128. The summed E-state index contributed by atoms with van der Waals surface area (Å²) in [5, 5.41) is 31.9. The van der Waals surface area contributed by atoms with Gasteiger partial charge in [-0.25, -0.2) is 9.59 Å². The van der Waals surface area contributed by atoms with Gasteiger partial charge in [0.15, 0.2) is 0 Å². The molecule has 0 fully saturated rings. The third-order valence-electron chi connectivity index (χ3n) is 5.63. The van der Waals surface area contributed by atoms with Crippen molar-refractivity contribution in [3.8, 4) is 11.5 Å². The molecule has 0 saturated carbocycles. The van der Waals surface area contributed by atoms with Crippen molar-refractivity contribution in [1.29, 1.82) is 0 Å². The van der Waals surface area contributed by atoms with E-state index in [-0.39, 0.29) is 21.9 Å². The highest BCUT2D eigenvalue weighted by Gasteiger charge is 2.36. The van der Waals surface area contributed by atoms with E-state index in [0.29, 0.717) is 24.0 Å². The Kier molecular flexibility index (Phi) is 5.22. The fourth-order valence-electron chi connectivity index (χ4n) is 4.02. The molecule has 3 N–H and O–H groups in total. The monoisotopic (exact) mass is 436 g/mol. The summed E-state index contributed by atoms with van der Waals surface area (Å²) in [7, 11) is 0. The quantitative estimate of drug-likeness (QED) is 0.403. The molecule has 2 heterocycles. The Balaban J connectivity index is 2.08. The molecule has 2 aromatic carbocycles. The number of fused-ring (bicyclic) bond motifs is 2. The highest BCUT2D eigenvalue weighted by atomic mass is 16.4. The van der Waals surface area contributed by atoms with Crippen molar-refractivity contribution < 1.29 is 28.9 Å². The Morgan fingerprint density at radius 3 is 1.56 bits per heavy atom. The van der Waals surface area contributed by atoms with Crippen molar-refractivity contribution in [2.45, 2.75) is 32.6 Å². The number of carboxylic acid groups (broad SMARTS) is 1. The number of hydrogen-bond acceptors (Lipinski definition) is 7. The van der Waals surface area contributed by atoms with Crippen molar-refractivity contribution in [1.82, 2.24) is 0 Å². The number of aliphatic carboxylic acids is 1. The first-order chi connectivity index (χ1) is 15.3. The summed E-state index contributed by atoms with van der Waals surface area (Å²) >= 11 is 0. The first-order valence-corrected chi connectivity index (χ1v) is 10.1. The van der Waals surface area contributed by atoms with Crippen LogP contribution in [-0.4, -0.2) is 21.3 Å². The predicted molar refractivity (Wildman–Crippen MR) is 117 cm³/mol. The second kappa shape index (κ2) is 7.88. The van der Waals surface area contributed by atoms with Gasteiger partial charge in [-0.1, -0.05) is 38.1 Å². The molecule has 8 heteroatoms. The number of rotatable bonds is 5. The highest BCUT2D eigenvalue weighted by Crippen LogP contribution is 2.39. The molecule has 2 aromatic heterocycles. The topological polar surface area (TPSA) is 138 Å². The maximum Gasteiger partial charge on any atom is 0.344 e. The van der Waals surface area contributed by atoms with Crippen molar-refractivity contribution >= 4 is 27.9 Å². The molecule has 0 bridgehead atoms. The van der Waals surface area contributed by atoms with Crippen molar-refractivity contribution in [2.24, 2.45) is 0 Å². The second-order valence-electron chi connectivity index (χ2n) is 7.37. The predicted octanol–water partition coefficient (Wildman–Crippen LogP) is 3.65. The fraction of sp³-hybridized carbons (Fsp3) is 0.208. The van der Waals surface area contributed by atoms with Crippen molar-refractivity contribution in [3.63, 3.8) is 0 Å². The van der Waals surface area contributed by atoms with Gasteiger partial charge in [-0.2, -0.15) is 0 Å². The zero-order valence-corrected chi connectivity index (χ0v) is 17.3. The smallest absolute Gasteiger partial charge is 0.344 e. The average molecular weight is 436 g/mol. The number of aryl methyl sites for hydroxylation is 2. The van der Waals surface area contributed by atoms with E-state index < -0.39 is 45.8 Å². The van der Waals surface area contributed by atoms with Crippen LogP contribution in [0.4, 0.5) is 0 Å². The molecular formula is C24H20O8. The van der Waals surface area contributed by atoms with Crippen molar-refractivity contribution in [3.05, 3.63) is 79.5 Å². The van der Waals surface area contributed by atoms with E-state index in [1.807, 2.05) is 13.8 Å². The lowest BCUT2D eigenvalue weighted by atomic mass is 9.90. The Hall–Kier alpha value is -4.07. The van der Waals surface area contributed by atoms with E-state index >= 15 is 0 Å². The maximum absolute atomic E-state index is 12.8. The molecule has 32 heavy (non-hydrogen) atoms. The highest BCUT2D eigenvalue weighted by molar-refractivity contribution is 5.93. The Morgan fingerprint density at radius 1 is 0.812 bits per heavy atom. The molecule has 0 amide bonds. The summed E-state index contributed by atoms with van der Waals surface area (Å²) in [6, 6.07) is 9.66. The van der Waals surface area contributed by atoms with Gasteiger partial charge in [0, 0.05) is 0 Å². The lowest BCUT2D eigenvalue weighted by Crippen LogP contribution is -2.26. The number of carbonyl (C=O) groups is 1. The molecule has 0 saturated heterocycles. The van der Waals surface area contributed by atoms with Crippen LogP contribution < -0.4 is 11.3 Å². The van der Waals surface area contributed by atoms with Gasteiger partial charge >= 0.3 is 17.2 Å². The Labute approximate surface area is 181 Å². The Bertz CT molecular complexity index is 1390. The van der Waals surface area contributed by atoms with E-state index in [0.717, 1.165) is 0 Å². The molecule has 164 valence electrons. The lowest BCUT2D eigenvalue weighted by Gasteiger charge is -2.16. The normalized spacial score (nSPS) is 11.5. The van der Waals surface area contributed by atoms with Gasteiger partial charge in [0.2, 0.25) is 0 Å². The van der Waals surface area contributed by atoms with Crippen LogP contribution in [0.25, 0.3) is 21.9 Å². The van der Waals surface area contributed by atoms with Crippen molar-refractivity contribution in [2.75, 3.05) is 0 Å². The first-order valence-electron chi connectivity index (χ1n) is 10.1. The summed E-state index contributed by atoms with van der Waals surface area (Å²) in [5.41, 5.74) is -2.00. The molecule has 0 unspecified atom stereocenters.